The Morgan fingerprint density at radius 2 is 1.68 bits per heavy atom. The van der Waals surface area contributed by atoms with Crippen LogP contribution in [0.15, 0.2) is 53.4 Å². The van der Waals surface area contributed by atoms with E-state index >= 15 is 0 Å². The molecule has 1 saturated heterocycles. The van der Waals surface area contributed by atoms with Crippen molar-refractivity contribution in [2.24, 2.45) is 0 Å². The third-order valence-electron chi connectivity index (χ3n) is 5.48. The predicted octanol–water partition coefficient (Wildman–Crippen LogP) is 2.59. The van der Waals surface area contributed by atoms with E-state index in [1.54, 1.807) is 43.0 Å². The number of carbonyl (C=O) groups is 1. The van der Waals surface area contributed by atoms with Crippen LogP contribution in [0.25, 0.3) is 0 Å². The van der Waals surface area contributed by atoms with Crippen LogP contribution in [0, 0.1) is 10.1 Å². The predicted molar refractivity (Wildman–Crippen MR) is 118 cm³/mol. The molecule has 31 heavy (non-hydrogen) atoms. The van der Waals surface area contributed by atoms with E-state index in [-0.39, 0.29) is 22.5 Å². The molecule has 0 saturated carbocycles. The molecule has 1 heterocycles. The van der Waals surface area contributed by atoms with Crippen LogP contribution in [-0.2, 0) is 10.0 Å². The van der Waals surface area contributed by atoms with E-state index in [1.807, 2.05) is 0 Å². The van der Waals surface area contributed by atoms with Gasteiger partial charge in [0, 0.05) is 62.7 Å². The molecule has 2 aromatic rings. The molecule has 0 unspecified atom stereocenters. The number of carbonyl (C=O) groups excluding carboxylic acids is 1. The van der Waals surface area contributed by atoms with Gasteiger partial charge in [-0.1, -0.05) is 6.07 Å². The summed E-state index contributed by atoms with van der Waals surface area (Å²) in [4.78, 5) is 27.2. The van der Waals surface area contributed by atoms with Crippen LogP contribution in [0.1, 0.15) is 24.2 Å². The molecule has 3 rings (SSSR count). The largest absolute Gasteiger partial charge is 0.368 e. The third-order valence-corrected chi connectivity index (χ3v) is 7.51. The normalized spacial score (nSPS) is 14.9. The summed E-state index contributed by atoms with van der Waals surface area (Å²) in [5, 5.41) is 10.8. The maximum absolute atomic E-state index is 13.0. The molecule has 0 spiro atoms. The molecule has 0 radical (unpaired) electrons. The zero-order valence-corrected chi connectivity index (χ0v) is 18.6. The molecule has 166 valence electrons. The van der Waals surface area contributed by atoms with Crippen molar-refractivity contribution in [3.63, 3.8) is 0 Å². The number of piperazine rings is 1. The van der Waals surface area contributed by atoms with Gasteiger partial charge < -0.3 is 9.80 Å². The van der Waals surface area contributed by atoms with Gasteiger partial charge in [-0.05, 0) is 44.2 Å². The fraction of sp³-hybridized carbons (Fsp3) is 0.381. The topological polar surface area (TPSA) is 104 Å². The molecule has 0 bridgehead atoms. The number of benzene rings is 2. The van der Waals surface area contributed by atoms with Crippen molar-refractivity contribution in [2.75, 3.05) is 38.1 Å². The molecule has 0 N–H and O–H groups in total. The second-order valence-electron chi connectivity index (χ2n) is 7.70. The first-order valence-electron chi connectivity index (χ1n) is 9.98. The first-order chi connectivity index (χ1) is 14.6. The summed E-state index contributed by atoms with van der Waals surface area (Å²) in [6.45, 7) is 5.68. The van der Waals surface area contributed by atoms with E-state index in [9.17, 15) is 23.3 Å². The maximum atomic E-state index is 13.0. The van der Waals surface area contributed by atoms with Crippen molar-refractivity contribution in [1.82, 2.24) is 9.21 Å². The Balaban J connectivity index is 1.69. The van der Waals surface area contributed by atoms with Gasteiger partial charge in [0.1, 0.15) is 0 Å². The highest BCUT2D eigenvalue weighted by molar-refractivity contribution is 7.89. The number of amides is 1. The van der Waals surface area contributed by atoms with Crippen molar-refractivity contribution in [1.29, 1.82) is 0 Å². The van der Waals surface area contributed by atoms with Gasteiger partial charge in [0.2, 0.25) is 10.0 Å². The van der Waals surface area contributed by atoms with Gasteiger partial charge in [-0.25, -0.2) is 8.42 Å². The molecule has 0 atom stereocenters. The molecule has 0 aliphatic carbocycles. The molecule has 0 aromatic heterocycles. The molecule has 1 fully saturated rings. The van der Waals surface area contributed by atoms with Crippen LogP contribution in [-0.4, -0.2) is 67.7 Å². The van der Waals surface area contributed by atoms with Crippen LogP contribution >= 0.6 is 0 Å². The molecule has 1 amide bonds. The van der Waals surface area contributed by atoms with E-state index in [1.165, 1.54) is 35.6 Å². The Labute approximate surface area is 182 Å². The lowest BCUT2D eigenvalue weighted by molar-refractivity contribution is -0.384. The number of hydrogen-bond donors (Lipinski definition) is 0. The molecule has 2 aromatic carbocycles. The SMILES string of the molecule is CC(C)N(C)S(=O)(=O)c1cccc(C(=O)N2CCN(c3ccc([N+](=O)[O-])cc3)CC2)c1. The highest BCUT2D eigenvalue weighted by Crippen LogP contribution is 2.22. The van der Waals surface area contributed by atoms with Crippen LogP contribution in [0.5, 0.6) is 0 Å². The number of hydrogen-bond acceptors (Lipinski definition) is 6. The summed E-state index contributed by atoms with van der Waals surface area (Å²) in [6, 6.07) is 12.3. The number of sulfonamides is 1. The molecule has 9 nitrogen and oxygen atoms in total. The Morgan fingerprint density at radius 3 is 2.23 bits per heavy atom. The Kier molecular flexibility index (Phi) is 6.61. The summed E-state index contributed by atoms with van der Waals surface area (Å²) in [5.41, 5.74) is 1.24. The van der Waals surface area contributed by atoms with Crippen LogP contribution in [0.4, 0.5) is 11.4 Å². The summed E-state index contributed by atoms with van der Waals surface area (Å²) < 4.78 is 26.8. The van der Waals surface area contributed by atoms with E-state index in [4.69, 9.17) is 0 Å². The highest BCUT2D eigenvalue weighted by Gasteiger charge is 2.26. The summed E-state index contributed by atoms with van der Waals surface area (Å²) in [7, 11) is -2.15. The highest BCUT2D eigenvalue weighted by atomic mass is 32.2. The van der Waals surface area contributed by atoms with Gasteiger partial charge in [-0.15, -0.1) is 0 Å². The van der Waals surface area contributed by atoms with Crippen LogP contribution in [0.3, 0.4) is 0 Å². The second kappa shape index (κ2) is 9.03. The first-order valence-corrected chi connectivity index (χ1v) is 11.4. The number of nitro benzene ring substituents is 1. The third kappa shape index (κ3) is 4.86. The summed E-state index contributed by atoms with van der Waals surface area (Å²) in [5.74, 6) is -0.215. The number of nitrogens with zero attached hydrogens (tertiary/aromatic N) is 4. The quantitative estimate of drug-likeness (QED) is 0.499. The molecule has 10 heteroatoms. The lowest BCUT2D eigenvalue weighted by Gasteiger charge is -2.36. The average Bonchev–Trinajstić information content (AvgIpc) is 2.78. The standard InChI is InChI=1S/C21H26N4O5S/c1-16(2)22(3)31(29,30)20-6-4-5-17(15-20)21(26)24-13-11-23(12-14-24)18-7-9-19(10-8-18)25(27)28/h4-10,15-16H,11-14H2,1-3H3. The number of anilines is 1. The van der Waals surface area contributed by atoms with Crippen LogP contribution in [0.2, 0.25) is 0 Å². The Bertz CT molecular complexity index is 1060. The van der Waals surface area contributed by atoms with Crippen molar-refractivity contribution >= 4 is 27.3 Å². The van der Waals surface area contributed by atoms with Gasteiger partial charge in [-0.3, -0.25) is 14.9 Å². The average molecular weight is 447 g/mol. The minimum Gasteiger partial charge on any atom is -0.368 e. The molecular weight excluding hydrogens is 420 g/mol. The minimum absolute atomic E-state index is 0.0375. The van der Waals surface area contributed by atoms with Gasteiger partial charge in [-0.2, -0.15) is 4.31 Å². The van der Waals surface area contributed by atoms with Gasteiger partial charge in [0.15, 0.2) is 0 Å². The molecular formula is C21H26N4O5S. The van der Waals surface area contributed by atoms with E-state index < -0.39 is 14.9 Å². The summed E-state index contributed by atoms with van der Waals surface area (Å²) >= 11 is 0. The maximum Gasteiger partial charge on any atom is 0.269 e. The van der Waals surface area contributed by atoms with E-state index in [0.717, 1.165) is 5.69 Å². The van der Waals surface area contributed by atoms with E-state index in [2.05, 4.69) is 4.90 Å². The molecule has 1 aliphatic rings. The smallest absolute Gasteiger partial charge is 0.269 e. The summed E-state index contributed by atoms with van der Waals surface area (Å²) in [6.07, 6.45) is 0. The zero-order chi connectivity index (χ0) is 22.8. The van der Waals surface area contributed by atoms with Crippen molar-refractivity contribution in [3.8, 4) is 0 Å². The Hall–Kier alpha value is -2.98. The lowest BCUT2D eigenvalue weighted by atomic mass is 10.1. The van der Waals surface area contributed by atoms with Crippen molar-refractivity contribution in [2.45, 2.75) is 24.8 Å². The fourth-order valence-electron chi connectivity index (χ4n) is 3.37. The first kappa shape index (κ1) is 22.7. The fourth-order valence-corrected chi connectivity index (χ4v) is 4.78. The van der Waals surface area contributed by atoms with Gasteiger partial charge in [0.05, 0.1) is 9.82 Å². The van der Waals surface area contributed by atoms with Crippen molar-refractivity contribution in [3.05, 3.63) is 64.2 Å². The zero-order valence-electron chi connectivity index (χ0n) is 17.8. The molecule has 1 aliphatic heterocycles. The van der Waals surface area contributed by atoms with Crippen LogP contribution < -0.4 is 4.90 Å². The van der Waals surface area contributed by atoms with Crippen molar-refractivity contribution < 1.29 is 18.1 Å². The second-order valence-corrected chi connectivity index (χ2v) is 9.69. The lowest BCUT2D eigenvalue weighted by Crippen LogP contribution is -2.48. The number of rotatable bonds is 6. The van der Waals surface area contributed by atoms with Gasteiger partial charge >= 0.3 is 0 Å². The minimum atomic E-state index is -3.67. The van der Waals surface area contributed by atoms with Gasteiger partial charge in [0.25, 0.3) is 11.6 Å². The Morgan fingerprint density at radius 1 is 1.06 bits per heavy atom. The number of non-ortho nitro benzene ring substituents is 1. The monoisotopic (exact) mass is 446 g/mol. The number of nitro groups is 1. The van der Waals surface area contributed by atoms with E-state index in [0.29, 0.717) is 31.7 Å².